The van der Waals surface area contributed by atoms with Crippen LogP contribution >= 0.6 is 11.6 Å². The number of ether oxygens (including phenoxy) is 1. The molecule has 0 bridgehead atoms. The zero-order chi connectivity index (χ0) is 14.2. The Labute approximate surface area is 122 Å². The molecule has 0 radical (unpaired) electrons. The molecular formula is C15H15ClN2O2. The maximum atomic E-state index is 11.6. The van der Waals surface area contributed by atoms with Crippen LogP contribution in [0.1, 0.15) is 5.56 Å². The van der Waals surface area contributed by atoms with Gasteiger partial charge in [0.25, 0.3) is 0 Å². The summed E-state index contributed by atoms with van der Waals surface area (Å²) in [5, 5.41) is 5.95. The summed E-state index contributed by atoms with van der Waals surface area (Å²) in [5.74, 6) is 0.707. The number of nitrogens with one attached hydrogen (secondary N) is 2. The van der Waals surface area contributed by atoms with Crippen molar-refractivity contribution < 1.29 is 9.53 Å². The van der Waals surface area contributed by atoms with Crippen LogP contribution < -0.4 is 15.4 Å². The number of carbonyl (C=O) groups is 1. The Bertz CT molecular complexity index is 561. The van der Waals surface area contributed by atoms with Gasteiger partial charge in [0.05, 0.1) is 0 Å². The van der Waals surface area contributed by atoms with Crippen LogP contribution in [-0.4, -0.2) is 12.8 Å². The van der Waals surface area contributed by atoms with Gasteiger partial charge >= 0.3 is 6.03 Å². The average molecular weight is 291 g/mol. The van der Waals surface area contributed by atoms with Crippen molar-refractivity contribution >= 4 is 17.6 Å². The van der Waals surface area contributed by atoms with Gasteiger partial charge in [0.2, 0.25) is 0 Å². The number of hydrogen-bond donors (Lipinski definition) is 2. The highest BCUT2D eigenvalue weighted by atomic mass is 35.5. The highest BCUT2D eigenvalue weighted by Gasteiger charge is 2.02. The highest BCUT2D eigenvalue weighted by molar-refractivity contribution is 6.31. The predicted octanol–water partition coefficient (Wildman–Crippen LogP) is 3.18. The van der Waals surface area contributed by atoms with E-state index in [0.29, 0.717) is 17.3 Å². The maximum absolute atomic E-state index is 11.6. The van der Waals surface area contributed by atoms with Gasteiger partial charge in [0.15, 0.2) is 6.73 Å². The van der Waals surface area contributed by atoms with Crippen molar-refractivity contribution in [2.45, 2.75) is 6.54 Å². The fraction of sp³-hybridized carbons (Fsp3) is 0.133. The van der Waals surface area contributed by atoms with Crippen LogP contribution in [0.5, 0.6) is 5.75 Å². The average Bonchev–Trinajstić information content (AvgIpc) is 2.47. The van der Waals surface area contributed by atoms with Crippen LogP contribution in [0.25, 0.3) is 0 Å². The molecule has 0 aromatic heterocycles. The van der Waals surface area contributed by atoms with Crippen molar-refractivity contribution in [3.05, 3.63) is 65.2 Å². The van der Waals surface area contributed by atoms with Crippen molar-refractivity contribution in [2.24, 2.45) is 0 Å². The third-order valence-corrected chi connectivity index (χ3v) is 2.98. The largest absolute Gasteiger partial charge is 0.473 e. The zero-order valence-corrected chi connectivity index (χ0v) is 11.6. The van der Waals surface area contributed by atoms with Gasteiger partial charge in [-0.15, -0.1) is 0 Å². The molecule has 5 heteroatoms. The van der Waals surface area contributed by atoms with E-state index < -0.39 is 0 Å². The summed E-state index contributed by atoms with van der Waals surface area (Å²) in [6.07, 6.45) is 0. The smallest absolute Gasteiger partial charge is 0.317 e. The Kier molecular flexibility index (Phi) is 5.26. The second-order valence-corrected chi connectivity index (χ2v) is 4.46. The van der Waals surface area contributed by atoms with E-state index in [4.69, 9.17) is 16.3 Å². The van der Waals surface area contributed by atoms with Gasteiger partial charge in [-0.25, -0.2) is 4.79 Å². The van der Waals surface area contributed by atoms with E-state index in [1.807, 2.05) is 48.5 Å². The Morgan fingerprint density at radius 3 is 2.45 bits per heavy atom. The van der Waals surface area contributed by atoms with Crippen LogP contribution in [-0.2, 0) is 6.54 Å². The molecule has 4 nitrogen and oxygen atoms in total. The van der Waals surface area contributed by atoms with E-state index in [9.17, 15) is 4.79 Å². The summed E-state index contributed by atoms with van der Waals surface area (Å²) >= 11 is 6.00. The van der Waals surface area contributed by atoms with Gasteiger partial charge in [0, 0.05) is 11.6 Å². The van der Waals surface area contributed by atoms with Gasteiger partial charge < -0.3 is 15.4 Å². The van der Waals surface area contributed by atoms with Crippen molar-refractivity contribution in [1.82, 2.24) is 10.6 Å². The van der Waals surface area contributed by atoms with Crippen LogP contribution in [0, 0.1) is 0 Å². The maximum Gasteiger partial charge on any atom is 0.317 e. The molecule has 0 heterocycles. The first kappa shape index (κ1) is 14.2. The summed E-state index contributed by atoms with van der Waals surface area (Å²) in [6, 6.07) is 16.3. The van der Waals surface area contributed by atoms with Crippen LogP contribution in [0.2, 0.25) is 5.02 Å². The van der Waals surface area contributed by atoms with Gasteiger partial charge in [-0.2, -0.15) is 0 Å². The fourth-order valence-corrected chi connectivity index (χ4v) is 1.78. The molecule has 2 N–H and O–H groups in total. The molecule has 2 rings (SSSR count). The quantitative estimate of drug-likeness (QED) is 0.831. The van der Waals surface area contributed by atoms with Crippen molar-refractivity contribution in [1.29, 1.82) is 0 Å². The van der Waals surface area contributed by atoms with E-state index >= 15 is 0 Å². The van der Waals surface area contributed by atoms with Crippen molar-refractivity contribution in [2.75, 3.05) is 6.73 Å². The second kappa shape index (κ2) is 7.40. The van der Waals surface area contributed by atoms with Crippen LogP contribution in [0.4, 0.5) is 4.79 Å². The Morgan fingerprint density at radius 1 is 1.00 bits per heavy atom. The molecule has 2 amide bonds. The number of amides is 2. The Balaban J connectivity index is 1.70. The number of hydrogen-bond acceptors (Lipinski definition) is 2. The number of rotatable bonds is 5. The first-order valence-electron chi connectivity index (χ1n) is 6.18. The number of carbonyl (C=O) groups excluding carboxylic acids is 1. The summed E-state index contributed by atoms with van der Waals surface area (Å²) in [5.41, 5.74) is 0.869. The van der Waals surface area contributed by atoms with Gasteiger partial charge in [-0.3, -0.25) is 0 Å². The molecule has 0 aliphatic rings. The van der Waals surface area contributed by atoms with E-state index in [2.05, 4.69) is 10.6 Å². The molecule has 0 fully saturated rings. The highest BCUT2D eigenvalue weighted by Crippen LogP contribution is 2.14. The summed E-state index contributed by atoms with van der Waals surface area (Å²) in [4.78, 5) is 11.6. The minimum absolute atomic E-state index is 0.109. The SMILES string of the molecule is O=C(NCOc1ccccc1)NCc1ccccc1Cl. The number of halogens is 1. The molecule has 2 aromatic rings. The summed E-state index contributed by atoms with van der Waals surface area (Å²) in [6.45, 7) is 0.481. The number of urea groups is 1. The van der Waals surface area contributed by atoms with Gasteiger partial charge in [-0.1, -0.05) is 48.0 Å². The molecule has 0 atom stereocenters. The van der Waals surface area contributed by atoms with E-state index in [1.54, 1.807) is 6.07 Å². The standard InChI is InChI=1S/C15H15ClN2O2/c16-14-9-5-4-6-12(14)10-17-15(19)18-11-20-13-7-2-1-3-8-13/h1-9H,10-11H2,(H2,17,18,19). The van der Waals surface area contributed by atoms with E-state index in [0.717, 1.165) is 5.56 Å². The van der Waals surface area contributed by atoms with Gasteiger partial charge in [0.1, 0.15) is 5.75 Å². The van der Waals surface area contributed by atoms with E-state index in [1.165, 1.54) is 0 Å². The molecule has 0 aliphatic heterocycles. The first-order valence-corrected chi connectivity index (χ1v) is 6.56. The topological polar surface area (TPSA) is 50.4 Å². The minimum Gasteiger partial charge on any atom is -0.473 e. The lowest BCUT2D eigenvalue weighted by Gasteiger charge is -2.10. The molecule has 0 unspecified atom stereocenters. The third-order valence-electron chi connectivity index (χ3n) is 2.61. The zero-order valence-electron chi connectivity index (χ0n) is 10.8. The minimum atomic E-state index is -0.305. The fourth-order valence-electron chi connectivity index (χ4n) is 1.58. The molecule has 0 saturated carbocycles. The lowest BCUT2D eigenvalue weighted by molar-refractivity contribution is 0.223. The first-order chi connectivity index (χ1) is 9.75. The lowest BCUT2D eigenvalue weighted by Crippen LogP contribution is -2.37. The molecule has 2 aromatic carbocycles. The monoisotopic (exact) mass is 290 g/mol. The Hall–Kier alpha value is -2.20. The normalized spacial score (nSPS) is 9.85. The molecule has 0 saturated heterocycles. The molecule has 104 valence electrons. The summed E-state index contributed by atoms with van der Waals surface area (Å²) in [7, 11) is 0. The van der Waals surface area contributed by atoms with E-state index in [-0.39, 0.29) is 12.8 Å². The molecule has 20 heavy (non-hydrogen) atoms. The second-order valence-electron chi connectivity index (χ2n) is 4.05. The van der Waals surface area contributed by atoms with Gasteiger partial charge in [-0.05, 0) is 23.8 Å². The van der Waals surface area contributed by atoms with Crippen molar-refractivity contribution in [3.63, 3.8) is 0 Å². The number of benzene rings is 2. The van der Waals surface area contributed by atoms with Crippen molar-refractivity contribution in [3.8, 4) is 5.75 Å². The lowest BCUT2D eigenvalue weighted by atomic mass is 10.2. The molecular weight excluding hydrogens is 276 g/mol. The molecule has 0 spiro atoms. The molecule has 0 aliphatic carbocycles. The summed E-state index contributed by atoms with van der Waals surface area (Å²) < 4.78 is 5.35. The van der Waals surface area contributed by atoms with Crippen LogP contribution in [0.15, 0.2) is 54.6 Å². The Morgan fingerprint density at radius 2 is 1.70 bits per heavy atom. The van der Waals surface area contributed by atoms with Crippen LogP contribution in [0.3, 0.4) is 0 Å². The predicted molar refractivity (Wildman–Crippen MR) is 78.8 cm³/mol. The number of para-hydroxylation sites is 1. The third kappa shape index (κ3) is 4.48.